The number of ether oxygens (including phenoxy) is 2. The van der Waals surface area contributed by atoms with Crippen LogP contribution in [0.25, 0.3) is 0 Å². The van der Waals surface area contributed by atoms with Crippen molar-refractivity contribution in [3.8, 4) is 0 Å². The molecular weight excluding hydrogens is 548 g/mol. The summed E-state index contributed by atoms with van der Waals surface area (Å²) in [4.78, 5) is 24.2. The number of allylic oxidation sites excluding steroid dienone is 2. The number of aliphatic hydroxyl groups is 1. The molecule has 0 heterocycles. The molecule has 0 saturated heterocycles. The van der Waals surface area contributed by atoms with Gasteiger partial charge >= 0.3 is 11.9 Å². The van der Waals surface area contributed by atoms with Crippen molar-refractivity contribution in [2.45, 2.75) is 219 Å². The monoisotopic (exact) mass is 623 g/mol. The molecule has 44 heavy (non-hydrogen) atoms. The number of unbranched alkanes of at least 4 members (excludes halogenated alkanes) is 24. The van der Waals surface area contributed by atoms with Crippen LogP contribution in [0.5, 0.6) is 0 Å². The van der Waals surface area contributed by atoms with Crippen LogP contribution in [0.15, 0.2) is 12.2 Å². The minimum Gasteiger partial charge on any atom is -0.462 e. The zero-order valence-corrected chi connectivity index (χ0v) is 29.6. The van der Waals surface area contributed by atoms with E-state index in [2.05, 4.69) is 26.0 Å². The summed E-state index contributed by atoms with van der Waals surface area (Å²) in [6.07, 6.45) is 37.6. The van der Waals surface area contributed by atoms with Crippen LogP contribution < -0.4 is 0 Å². The Bertz CT molecular complexity index is 646. The minimum atomic E-state index is -1.10. The van der Waals surface area contributed by atoms with Gasteiger partial charge in [-0.15, -0.1) is 0 Å². The fourth-order valence-electron chi connectivity index (χ4n) is 5.58. The maximum atomic E-state index is 12.2. The quantitative estimate of drug-likeness (QED) is 0.0439. The maximum absolute atomic E-state index is 12.2. The van der Waals surface area contributed by atoms with Gasteiger partial charge in [-0.05, 0) is 45.4 Å². The number of hydrogen-bond acceptors (Lipinski definition) is 5. The van der Waals surface area contributed by atoms with Gasteiger partial charge in [-0.1, -0.05) is 167 Å². The molecule has 1 N–H and O–H groups in total. The number of carbonyl (C=O) groups is 2. The van der Waals surface area contributed by atoms with Gasteiger partial charge in [-0.25, -0.2) is 4.79 Å². The lowest BCUT2D eigenvalue weighted by Crippen LogP contribution is -2.29. The first kappa shape index (κ1) is 42.6. The average Bonchev–Trinajstić information content (AvgIpc) is 3.01. The summed E-state index contributed by atoms with van der Waals surface area (Å²) < 4.78 is 10.6. The first-order valence-corrected chi connectivity index (χ1v) is 19.2. The van der Waals surface area contributed by atoms with E-state index in [1.807, 2.05) is 0 Å². The summed E-state index contributed by atoms with van der Waals surface area (Å²) in [5, 5.41) is 10.2. The van der Waals surface area contributed by atoms with Crippen molar-refractivity contribution in [3.63, 3.8) is 0 Å². The molecule has 0 rings (SSSR count). The van der Waals surface area contributed by atoms with Crippen molar-refractivity contribution >= 4 is 11.9 Å². The third-order valence-electron chi connectivity index (χ3n) is 8.54. The summed E-state index contributed by atoms with van der Waals surface area (Å²) in [5.41, 5.74) is 0. The van der Waals surface area contributed by atoms with Crippen LogP contribution in [0.4, 0.5) is 0 Å². The topological polar surface area (TPSA) is 72.8 Å². The summed E-state index contributed by atoms with van der Waals surface area (Å²) in [5.74, 6) is -0.853. The molecule has 2 atom stereocenters. The molecular formula is C39H74O5. The molecule has 0 saturated carbocycles. The van der Waals surface area contributed by atoms with E-state index < -0.39 is 18.2 Å². The van der Waals surface area contributed by atoms with Gasteiger partial charge in [0.05, 0.1) is 0 Å². The van der Waals surface area contributed by atoms with Crippen molar-refractivity contribution in [1.29, 1.82) is 0 Å². The number of carbonyl (C=O) groups excluding carboxylic acids is 2. The molecule has 0 radical (unpaired) electrons. The van der Waals surface area contributed by atoms with Gasteiger partial charge in [0.15, 0.2) is 6.10 Å². The third kappa shape index (κ3) is 32.0. The number of rotatable bonds is 34. The highest BCUT2D eigenvalue weighted by molar-refractivity contribution is 5.74. The summed E-state index contributed by atoms with van der Waals surface area (Å²) in [6, 6.07) is 0. The highest BCUT2D eigenvalue weighted by atomic mass is 16.6. The molecule has 0 aromatic carbocycles. The Morgan fingerprint density at radius 2 is 0.955 bits per heavy atom. The van der Waals surface area contributed by atoms with E-state index in [1.165, 1.54) is 128 Å². The van der Waals surface area contributed by atoms with Gasteiger partial charge in [-0.3, -0.25) is 4.79 Å². The van der Waals surface area contributed by atoms with E-state index in [0.717, 1.165) is 44.9 Å². The highest BCUT2D eigenvalue weighted by Gasteiger charge is 2.19. The molecule has 0 aromatic heterocycles. The first-order valence-electron chi connectivity index (χ1n) is 19.2. The van der Waals surface area contributed by atoms with E-state index >= 15 is 0 Å². The van der Waals surface area contributed by atoms with Gasteiger partial charge in [0.2, 0.25) is 0 Å². The van der Waals surface area contributed by atoms with Crippen LogP contribution >= 0.6 is 0 Å². The highest BCUT2D eigenvalue weighted by Crippen LogP contribution is 2.15. The number of esters is 2. The lowest BCUT2D eigenvalue weighted by Gasteiger charge is -2.16. The fraction of sp³-hybridized carbons (Fsp3) is 0.897. The molecule has 0 aliphatic heterocycles. The van der Waals surface area contributed by atoms with Gasteiger partial charge in [-0.2, -0.15) is 0 Å². The molecule has 0 bridgehead atoms. The van der Waals surface area contributed by atoms with E-state index in [1.54, 1.807) is 6.92 Å². The van der Waals surface area contributed by atoms with Crippen molar-refractivity contribution in [3.05, 3.63) is 12.2 Å². The zero-order valence-electron chi connectivity index (χ0n) is 29.6. The third-order valence-corrected chi connectivity index (χ3v) is 8.54. The molecule has 0 aromatic rings. The van der Waals surface area contributed by atoms with Crippen LogP contribution in [-0.2, 0) is 19.1 Å². The number of aliphatic hydroxyl groups excluding tert-OH is 1. The fourth-order valence-corrected chi connectivity index (χ4v) is 5.58. The predicted octanol–water partition coefficient (Wildman–Crippen LogP) is 11.7. The van der Waals surface area contributed by atoms with Crippen LogP contribution in [0.1, 0.15) is 207 Å². The first-order chi connectivity index (χ1) is 21.5. The SMILES string of the molecule is CCCCCCCC/C=C\CCCCCCCC(=O)OCC(C)OC(=O)C(O)CCCCCCCCCCCCCCCC. The Morgan fingerprint density at radius 1 is 0.568 bits per heavy atom. The second-order valence-corrected chi connectivity index (χ2v) is 13.2. The van der Waals surface area contributed by atoms with Crippen LogP contribution in [0, 0.1) is 0 Å². The van der Waals surface area contributed by atoms with E-state index in [4.69, 9.17) is 9.47 Å². The van der Waals surface area contributed by atoms with Crippen molar-refractivity contribution in [1.82, 2.24) is 0 Å². The normalized spacial score (nSPS) is 12.9. The summed E-state index contributed by atoms with van der Waals surface area (Å²) >= 11 is 0. The van der Waals surface area contributed by atoms with Crippen LogP contribution in [0.2, 0.25) is 0 Å². The van der Waals surface area contributed by atoms with Crippen LogP contribution in [-0.4, -0.2) is 35.9 Å². The smallest absolute Gasteiger partial charge is 0.335 e. The zero-order chi connectivity index (χ0) is 32.4. The lowest BCUT2D eigenvalue weighted by molar-refractivity contribution is -0.165. The van der Waals surface area contributed by atoms with Gasteiger partial charge < -0.3 is 14.6 Å². The molecule has 0 aliphatic rings. The average molecular weight is 623 g/mol. The minimum absolute atomic E-state index is 0.0429. The molecule has 2 unspecified atom stereocenters. The van der Waals surface area contributed by atoms with Crippen molar-refractivity contribution < 1.29 is 24.2 Å². The summed E-state index contributed by atoms with van der Waals surface area (Å²) in [7, 11) is 0. The summed E-state index contributed by atoms with van der Waals surface area (Å²) in [6.45, 7) is 6.27. The Labute approximate surface area is 273 Å². The lowest BCUT2D eigenvalue weighted by atomic mass is 10.0. The van der Waals surface area contributed by atoms with Gasteiger partial charge in [0, 0.05) is 6.42 Å². The Hall–Kier alpha value is -1.36. The van der Waals surface area contributed by atoms with Crippen molar-refractivity contribution in [2.75, 3.05) is 6.61 Å². The second-order valence-electron chi connectivity index (χ2n) is 13.2. The largest absolute Gasteiger partial charge is 0.462 e. The molecule has 0 aliphatic carbocycles. The van der Waals surface area contributed by atoms with Gasteiger partial charge in [0.1, 0.15) is 12.7 Å². The van der Waals surface area contributed by atoms with Crippen LogP contribution in [0.3, 0.4) is 0 Å². The van der Waals surface area contributed by atoms with Crippen molar-refractivity contribution in [2.24, 2.45) is 0 Å². The molecule has 0 fully saturated rings. The van der Waals surface area contributed by atoms with Gasteiger partial charge in [0.25, 0.3) is 0 Å². The Morgan fingerprint density at radius 3 is 1.41 bits per heavy atom. The molecule has 5 heteroatoms. The molecule has 0 amide bonds. The Balaban J connectivity index is 3.54. The standard InChI is InChI=1S/C39H74O5/c1-4-6-8-10-12-14-16-18-20-22-24-26-28-30-32-34-38(41)43-35-36(3)44-39(42)37(40)33-31-29-27-25-23-21-19-17-15-13-11-9-7-5-2/h18,20,36-37,40H,4-17,19,21-35H2,1-3H3/b20-18-. The van der Waals surface area contributed by atoms with E-state index in [0.29, 0.717) is 12.8 Å². The molecule has 5 nitrogen and oxygen atoms in total. The van der Waals surface area contributed by atoms with E-state index in [9.17, 15) is 14.7 Å². The number of hydrogen-bond donors (Lipinski definition) is 1. The molecule has 260 valence electrons. The second kappa shape index (κ2) is 34.5. The Kier molecular flexibility index (Phi) is 33.4. The maximum Gasteiger partial charge on any atom is 0.335 e. The predicted molar refractivity (Wildman–Crippen MR) is 187 cm³/mol. The molecule has 0 spiro atoms. The van der Waals surface area contributed by atoms with E-state index in [-0.39, 0.29) is 12.6 Å².